The number of imidazole rings is 1. The number of anilines is 1. The van der Waals surface area contributed by atoms with Crippen LogP contribution in [-0.4, -0.2) is 49.2 Å². The maximum Gasteiger partial charge on any atom is 0.291 e. The van der Waals surface area contributed by atoms with Gasteiger partial charge in [0.25, 0.3) is 11.8 Å². The first-order chi connectivity index (χ1) is 14.8. The van der Waals surface area contributed by atoms with E-state index in [1.807, 2.05) is 18.4 Å². The Hall–Kier alpha value is -3.63. The fraction of sp³-hybridized carbons (Fsp3) is 0.350. The molecule has 1 aliphatic heterocycles. The van der Waals surface area contributed by atoms with Crippen molar-refractivity contribution in [1.82, 2.24) is 29.6 Å². The highest BCUT2D eigenvalue weighted by atomic mass is 19.1. The number of aromatic nitrogens is 5. The topological polar surface area (TPSA) is 97.9 Å². The highest BCUT2D eigenvalue weighted by Crippen LogP contribution is 2.25. The number of hydrogen-bond acceptors (Lipinski definition) is 5. The molecular weight excluding hydrogens is 408 g/mol. The molecule has 0 bridgehead atoms. The predicted molar refractivity (Wildman–Crippen MR) is 106 cm³/mol. The fourth-order valence-corrected chi connectivity index (χ4v) is 3.79. The number of hydrogen-bond donors (Lipinski definition) is 1. The molecule has 0 radical (unpaired) electrons. The molecule has 9 nitrogen and oxygen atoms in total. The molecule has 0 fully saturated rings. The van der Waals surface area contributed by atoms with Crippen LogP contribution in [0.25, 0.3) is 0 Å². The molecule has 3 aromatic rings. The summed E-state index contributed by atoms with van der Waals surface area (Å²) in [6.07, 6.45) is 1.59. The van der Waals surface area contributed by atoms with Gasteiger partial charge >= 0.3 is 0 Å². The minimum absolute atomic E-state index is 0.179. The van der Waals surface area contributed by atoms with Crippen molar-refractivity contribution in [1.29, 1.82) is 0 Å². The van der Waals surface area contributed by atoms with Gasteiger partial charge in [0.15, 0.2) is 0 Å². The zero-order chi connectivity index (χ0) is 22.3. The van der Waals surface area contributed by atoms with Crippen molar-refractivity contribution in [2.75, 3.05) is 11.9 Å². The summed E-state index contributed by atoms with van der Waals surface area (Å²) in [5.41, 5.74) is 0.558. The van der Waals surface area contributed by atoms with Crippen LogP contribution in [0.4, 0.5) is 14.6 Å². The van der Waals surface area contributed by atoms with E-state index in [1.165, 1.54) is 22.0 Å². The minimum atomic E-state index is -0.771. The van der Waals surface area contributed by atoms with Crippen molar-refractivity contribution in [2.24, 2.45) is 0 Å². The number of fused-ring (bicyclic) bond motifs is 1. The van der Waals surface area contributed by atoms with Crippen LogP contribution < -0.4 is 10.2 Å². The molecule has 0 aliphatic carbocycles. The normalized spacial score (nSPS) is 16.2. The highest BCUT2D eigenvalue weighted by molar-refractivity contribution is 6.01. The standard InChI is InChI=1S/C20H21F2N7O2/c1-11-19-27(3)20(31)16(7-8-29(19)12(2)24-11)25-18(30)17-23-10-28(26-17)9-13-14(21)5-4-6-15(13)22/h4-6,10,16H,7-9H2,1-3H3,(H,25,30). The molecular formula is C20H21F2N7O2. The van der Waals surface area contributed by atoms with Crippen LogP contribution in [0.15, 0.2) is 24.5 Å². The summed E-state index contributed by atoms with van der Waals surface area (Å²) in [6, 6.07) is 2.79. The van der Waals surface area contributed by atoms with Crippen LogP contribution in [0.1, 0.15) is 34.1 Å². The number of carbonyl (C=O) groups is 2. The van der Waals surface area contributed by atoms with Gasteiger partial charge in [-0.05, 0) is 32.4 Å². The summed E-state index contributed by atoms with van der Waals surface area (Å²) in [5.74, 6) is -1.03. The zero-order valence-corrected chi connectivity index (χ0v) is 17.3. The molecule has 0 spiro atoms. The Morgan fingerprint density at radius 3 is 2.68 bits per heavy atom. The van der Waals surface area contributed by atoms with Crippen molar-refractivity contribution in [2.45, 2.75) is 39.4 Å². The number of halogens is 2. The number of likely N-dealkylation sites (N-methyl/N-ethyl adjacent to an activating group) is 1. The molecule has 0 saturated heterocycles. The largest absolute Gasteiger partial charge is 0.337 e. The van der Waals surface area contributed by atoms with Gasteiger partial charge in [-0.25, -0.2) is 23.4 Å². The van der Waals surface area contributed by atoms with Crippen LogP contribution in [-0.2, 0) is 17.9 Å². The maximum absolute atomic E-state index is 13.8. The summed E-state index contributed by atoms with van der Waals surface area (Å²) in [7, 11) is 1.64. The van der Waals surface area contributed by atoms with Gasteiger partial charge < -0.3 is 9.88 Å². The quantitative estimate of drug-likeness (QED) is 0.679. The molecule has 162 valence electrons. The number of nitrogens with one attached hydrogen (secondary N) is 1. The molecule has 1 aliphatic rings. The third-order valence-corrected chi connectivity index (χ3v) is 5.31. The number of benzene rings is 1. The van der Waals surface area contributed by atoms with Crippen LogP contribution in [0.2, 0.25) is 0 Å². The van der Waals surface area contributed by atoms with Gasteiger partial charge in [0.05, 0.1) is 12.2 Å². The Morgan fingerprint density at radius 1 is 1.26 bits per heavy atom. The van der Waals surface area contributed by atoms with Crippen LogP contribution in [0.3, 0.4) is 0 Å². The molecule has 4 rings (SSSR count). The van der Waals surface area contributed by atoms with E-state index in [-0.39, 0.29) is 23.8 Å². The Labute approximate surface area is 176 Å². The van der Waals surface area contributed by atoms with E-state index in [4.69, 9.17) is 0 Å². The number of nitrogens with zero attached hydrogens (tertiary/aromatic N) is 6. The monoisotopic (exact) mass is 429 g/mol. The molecule has 2 amide bonds. The summed E-state index contributed by atoms with van der Waals surface area (Å²) in [5, 5.41) is 6.67. The van der Waals surface area contributed by atoms with Gasteiger partial charge in [-0.1, -0.05) is 6.07 Å². The summed E-state index contributed by atoms with van der Waals surface area (Å²) >= 11 is 0. The average Bonchev–Trinajstić information content (AvgIpc) is 3.27. The van der Waals surface area contributed by atoms with Gasteiger partial charge in [0, 0.05) is 19.2 Å². The second kappa shape index (κ2) is 7.89. The van der Waals surface area contributed by atoms with E-state index >= 15 is 0 Å². The molecule has 0 saturated carbocycles. The number of rotatable bonds is 4. The highest BCUT2D eigenvalue weighted by Gasteiger charge is 2.32. The third kappa shape index (κ3) is 3.78. The van der Waals surface area contributed by atoms with E-state index in [9.17, 15) is 18.4 Å². The third-order valence-electron chi connectivity index (χ3n) is 5.31. The Morgan fingerprint density at radius 2 is 1.97 bits per heavy atom. The average molecular weight is 429 g/mol. The number of aryl methyl sites for hydroxylation is 2. The Balaban J connectivity index is 1.48. The summed E-state index contributed by atoms with van der Waals surface area (Å²) in [6.45, 7) is 3.99. The lowest BCUT2D eigenvalue weighted by molar-refractivity contribution is -0.120. The Kier molecular flexibility index (Phi) is 5.25. The van der Waals surface area contributed by atoms with Crippen molar-refractivity contribution >= 4 is 17.6 Å². The lowest BCUT2D eigenvalue weighted by atomic mass is 10.2. The number of carbonyl (C=O) groups excluding carboxylic acids is 2. The molecule has 1 unspecified atom stereocenters. The molecule has 1 N–H and O–H groups in total. The molecule has 11 heteroatoms. The molecule has 3 heterocycles. The smallest absolute Gasteiger partial charge is 0.291 e. The molecule has 1 atom stereocenters. The SMILES string of the molecule is Cc1nc(C)n2c1N(C)C(=O)C(NC(=O)c1ncn(Cc3c(F)cccc3F)n1)CC2. The second-order valence-electron chi connectivity index (χ2n) is 7.40. The van der Waals surface area contributed by atoms with E-state index < -0.39 is 23.6 Å². The molecule has 2 aromatic heterocycles. The van der Waals surface area contributed by atoms with Crippen molar-refractivity contribution in [3.8, 4) is 0 Å². The van der Waals surface area contributed by atoms with Gasteiger partial charge in [0.2, 0.25) is 5.82 Å². The fourth-order valence-electron chi connectivity index (χ4n) is 3.79. The maximum atomic E-state index is 13.8. The van der Waals surface area contributed by atoms with Gasteiger partial charge in [-0.15, -0.1) is 5.10 Å². The van der Waals surface area contributed by atoms with Gasteiger partial charge in [-0.3, -0.25) is 14.5 Å². The zero-order valence-electron chi connectivity index (χ0n) is 17.3. The first-order valence-corrected chi connectivity index (χ1v) is 9.70. The van der Waals surface area contributed by atoms with Gasteiger partial charge in [0.1, 0.15) is 35.6 Å². The van der Waals surface area contributed by atoms with Crippen LogP contribution in [0.5, 0.6) is 0 Å². The van der Waals surface area contributed by atoms with Crippen LogP contribution in [0, 0.1) is 25.5 Å². The van der Waals surface area contributed by atoms with Crippen LogP contribution >= 0.6 is 0 Å². The first-order valence-electron chi connectivity index (χ1n) is 9.70. The first kappa shape index (κ1) is 20.6. The lowest BCUT2D eigenvalue weighted by Gasteiger charge is -2.20. The minimum Gasteiger partial charge on any atom is -0.337 e. The van der Waals surface area contributed by atoms with Gasteiger partial charge in [-0.2, -0.15) is 0 Å². The van der Waals surface area contributed by atoms with E-state index in [2.05, 4.69) is 20.4 Å². The number of amides is 2. The van der Waals surface area contributed by atoms with E-state index in [0.717, 1.165) is 23.7 Å². The van der Waals surface area contributed by atoms with Crippen molar-refractivity contribution in [3.05, 3.63) is 59.1 Å². The summed E-state index contributed by atoms with van der Waals surface area (Å²) < 4.78 is 30.8. The van der Waals surface area contributed by atoms with Crippen molar-refractivity contribution in [3.63, 3.8) is 0 Å². The second-order valence-corrected chi connectivity index (χ2v) is 7.40. The Bertz CT molecular complexity index is 1150. The molecule has 1 aromatic carbocycles. The van der Waals surface area contributed by atoms with Crippen molar-refractivity contribution < 1.29 is 18.4 Å². The predicted octanol–water partition coefficient (Wildman–Crippen LogP) is 1.58. The van der Waals surface area contributed by atoms with E-state index in [0.29, 0.717) is 18.8 Å². The van der Waals surface area contributed by atoms with E-state index in [1.54, 1.807) is 7.05 Å². The summed E-state index contributed by atoms with van der Waals surface area (Å²) in [4.78, 5) is 35.3. The molecule has 31 heavy (non-hydrogen) atoms. The lowest BCUT2D eigenvalue weighted by Crippen LogP contribution is -2.47.